The smallest absolute Gasteiger partial charge is 0.310 e. The van der Waals surface area contributed by atoms with Gasteiger partial charge in [0, 0.05) is 47.7 Å². The van der Waals surface area contributed by atoms with Crippen LogP contribution in [0.4, 0.5) is 0 Å². The van der Waals surface area contributed by atoms with Crippen LogP contribution >= 0.6 is 0 Å². The van der Waals surface area contributed by atoms with Crippen molar-refractivity contribution in [2.24, 2.45) is 0 Å². The van der Waals surface area contributed by atoms with Gasteiger partial charge in [0.2, 0.25) is 0 Å². The van der Waals surface area contributed by atoms with Crippen molar-refractivity contribution >= 4 is 22.7 Å². The number of ether oxygens (including phenoxy) is 2. The number of fused-ring (bicyclic) bond motifs is 1. The first-order valence-electron chi connectivity index (χ1n) is 22.3. The SMILES string of the molecule is CC.CCC(=O)Oc1c(C)c(C/C=C(\C)CC/C=C(\C)CC/C=C(\C)CC/C=C(\C)CC/C=C(\C)CC/C=C(\C)CCC=C(C)C)c(OC(=O)CC)c2ccccc12.[V]. The third kappa shape index (κ3) is 23.1. The molecule has 0 aromatic heterocycles. The molecule has 0 unspecified atom stereocenters. The van der Waals surface area contributed by atoms with Crippen LogP contribution in [0.3, 0.4) is 0 Å². The molecule has 0 aliphatic heterocycles. The Labute approximate surface area is 373 Å². The number of benzene rings is 2. The number of hydrogen-bond acceptors (Lipinski definition) is 4. The second kappa shape index (κ2) is 32.2. The van der Waals surface area contributed by atoms with Crippen molar-refractivity contribution in [3.63, 3.8) is 0 Å². The molecule has 325 valence electrons. The van der Waals surface area contributed by atoms with E-state index in [9.17, 15) is 9.59 Å². The summed E-state index contributed by atoms with van der Waals surface area (Å²) in [5.74, 6) is 0.534. The molecule has 2 aromatic rings. The van der Waals surface area contributed by atoms with E-state index in [-0.39, 0.29) is 43.3 Å². The molecular weight excluding hydrogens is 764 g/mol. The summed E-state index contributed by atoms with van der Waals surface area (Å²) in [6.45, 7) is 27.4. The zero-order valence-corrected chi connectivity index (χ0v) is 40.9. The number of rotatable bonds is 24. The van der Waals surface area contributed by atoms with E-state index in [2.05, 4.69) is 97.9 Å². The molecule has 0 saturated carbocycles. The molecule has 0 N–H and O–H groups in total. The zero-order valence-electron chi connectivity index (χ0n) is 39.5. The molecule has 2 aromatic carbocycles. The predicted octanol–water partition coefficient (Wildman–Crippen LogP) is 16.7. The Balaban J connectivity index is 0.0000110. The number of esters is 2. The summed E-state index contributed by atoms with van der Waals surface area (Å²) in [4.78, 5) is 24.9. The van der Waals surface area contributed by atoms with Crippen LogP contribution < -0.4 is 9.47 Å². The Kier molecular flexibility index (Phi) is 30.2. The van der Waals surface area contributed by atoms with Gasteiger partial charge in [-0.25, -0.2) is 0 Å². The van der Waals surface area contributed by atoms with Gasteiger partial charge in [-0.3, -0.25) is 9.59 Å². The fourth-order valence-corrected chi connectivity index (χ4v) is 6.63. The van der Waals surface area contributed by atoms with Crippen molar-refractivity contribution in [2.75, 3.05) is 0 Å². The summed E-state index contributed by atoms with van der Waals surface area (Å²) in [6, 6.07) is 7.67. The second-order valence-corrected chi connectivity index (χ2v) is 16.0. The third-order valence-electron chi connectivity index (χ3n) is 10.4. The van der Waals surface area contributed by atoms with Gasteiger partial charge in [0.15, 0.2) is 0 Å². The van der Waals surface area contributed by atoms with Crippen molar-refractivity contribution < 1.29 is 37.6 Å². The van der Waals surface area contributed by atoms with Gasteiger partial charge >= 0.3 is 11.9 Å². The van der Waals surface area contributed by atoms with Gasteiger partial charge in [-0.1, -0.05) is 134 Å². The monoisotopic (exact) mass is 844 g/mol. The first kappa shape index (κ1) is 55.4. The molecule has 4 nitrogen and oxygen atoms in total. The summed E-state index contributed by atoms with van der Waals surface area (Å²) in [7, 11) is 0. The summed E-state index contributed by atoms with van der Waals surface area (Å²) in [5.41, 5.74) is 11.8. The maximum Gasteiger partial charge on any atom is 0.310 e. The van der Waals surface area contributed by atoms with Crippen molar-refractivity contribution in [3.05, 3.63) is 117 Å². The molecule has 0 bridgehead atoms. The summed E-state index contributed by atoms with van der Waals surface area (Å²) >= 11 is 0. The van der Waals surface area contributed by atoms with E-state index in [0.717, 1.165) is 92.5 Å². The molecule has 0 heterocycles. The molecule has 59 heavy (non-hydrogen) atoms. The van der Waals surface area contributed by atoms with Crippen LogP contribution in [-0.2, 0) is 34.6 Å². The summed E-state index contributed by atoms with van der Waals surface area (Å²) in [5, 5.41) is 1.55. The van der Waals surface area contributed by atoms with Crippen LogP contribution in [0, 0.1) is 6.92 Å². The minimum Gasteiger partial charge on any atom is -0.426 e. The van der Waals surface area contributed by atoms with Gasteiger partial charge in [0.25, 0.3) is 0 Å². The Morgan fingerprint density at radius 3 is 1.14 bits per heavy atom. The van der Waals surface area contributed by atoms with Gasteiger partial charge in [0.1, 0.15) is 11.5 Å². The predicted molar refractivity (Wildman–Crippen MR) is 253 cm³/mol. The van der Waals surface area contributed by atoms with Crippen LogP contribution in [-0.4, -0.2) is 11.9 Å². The van der Waals surface area contributed by atoms with Gasteiger partial charge in [0.05, 0.1) is 0 Å². The van der Waals surface area contributed by atoms with E-state index in [0.29, 0.717) is 17.9 Å². The van der Waals surface area contributed by atoms with Crippen LogP contribution in [0.15, 0.2) is 106 Å². The molecule has 0 aliphatic rings. The van der Waals surface area contributed by atoms with Crippen LogP contribution in [0.5, 0.6) is 11.5 Å². The topological polar surface area (TPSA) is 52.6 Å². The molecule has 0 aliphatic carbocycles. The quantitative estimate of drug-likeness (QED) is 0.0600. The Bertz CT molecular complexity index is 1810. The van der Waals surface area contributed by atoms with E-state index in [1.165, 1.54) is 45.4 Å². The van der Waals surface area contributed by atoms with Gasteiger partial charge < -0.3 is 9.47 Å². The standard InChI is InChI=1S/C52H74O4.C2H6.V/c1-12-49(53)55-51-45(11)46(52(56-50(54)13-2)48-35-15-14-34-47(48)51)37-36-44(10)33-21-32-43(9)31-20-30-42(8)29-19-28-41(7)27-18-26-40(6)25-17-24-39(5)23-16-22-38(3)4;1-2;/h14-15,22,24,26,28,30,32,34-36H,12-13,16-21,23,25,27,29,31,33,37H2,1-11H3;1-2H3;/b39-24+,40-26+,41-28+,42-30+,43-32+,44-36+;;. The normalized spacial score (nSPS) is 12.8. The van der Waals surface area contributed by atoms with Gasteiger partial charge in [-0.05, 0) is 151 Å². The number of allylic oxidation sites excluding steroid dienone is 14. The maximum atomic E-state index is 12.5. The molecular formula is C54H80O4V. The molecule has 0 amide bonds. The van der Waals surface area contributed by atoms with Gasteiger partial charge in [-0.15, -0.1) is 0 Å². The Hall–Kier alpha value is -3.60. The molecule has 1 radical (unpaired) electrons. The number of carbonyl (C=O) groups excluding carboxylic acids is 2. The largest absolute Gasteiger partial charge is 0.426 e. The average molecular weight is 844 g/mol. The van der Waals surface area contributed by atoms with Crippen molar-refractivity contribution in [1.29, 1.82) is 0 Å². The number of hydrogen-bond donors (Lipinski definition) is 0. The van der Waals surface area contributed by atoms with Crippen LogP contribution in [0.2, 0.25) is 0 Å². The minimum atomic E-state index is -0.287. The molecule has 0 saturated heterocycles. The van der Waals surface area contributed by atoms with Crippen LogP contribution in [0.1, 0.15) is 184 Å². The fourth-order valence-electron chi connectivity index (χ4n) is 6.63. The number of carbonyl (C=O) groups is 2. The fraction of sp³-hybridized carbons (Fsp3) is 0.519. The molecule has 2 rings (SSSR count). The van der Waals surface area contributed by atoms with E-state index in [1.807, 2.05) is 45.0 Å². The van der Waals surface area contributed by atoms with E-state index in [4.69, 9.17) is 9.47 Å². The van der Waals surface area contributed by atoms with Crippen LogP contribution in [0.25, 0.3) is 10.8 Å². The Morgan fingerprint density at radius 1 is 0.492 bits per heavy atom. The molecule has 0 fully saturated rings. The van der Waals surface area contributed by atoms with E-state index in [1.54, 1.807) is 13.8 Å². The summed E-state index contributed by atoms with van der Waals surface area (Å²) in [6.07, 6.45) is 31.0. The molecule has 0 spiro atoms. The van der Waals surface area contributed by atoms with E-state index >= 15 is 0 Å². The Morgan fingerprint density at radius 2 is 0.797 bits per heavy atom. The minimum absolute atomic E-state index is 0. The van der Waals surface area contributed by atoms with E-state index < -0.39 is 0 Å². The first-order valence-corrected chi connectivity index (χ1v) is 22.3. The second-order valence-electron chi connectivity index (χ2n) is 16.0. The van der Waals surface area contributed by atoms with Crippen molar-refractivity contribution in [1.82, 2.24) is 0 Å². The average Bonchev–Trinajstić information content (AvgIpc) is 3.19. The van der Waals surface area contributed by atoms with Crippen molar-refractivity contribution in [3.8, 4) is 11.5 Å². The molecule has 0 atom stereocenters. The third-order valence-corrected chi connectivity index (χ3v) is 10.4. The van der Waals surface area contributed by atoms with Crippen molar-refractivity contribution in [2.45, 2.75) is 186 Å². The van der Waals surface area contributed by atoms with Gasteiger partial charge in [-0.2, -0.15) is 0 Å². The first-order chi connectivity index (χ1) is 27.7. The zero-order chi connectivity index (χ0) is 43.5. The molecule has 5 heteroatoms. The maximum absolute atomic E-state index is 12.5. The summed E-state index contributed by atoms with van der Waals surface area (Å²) < 4.78 is 11.8.